The molecule has 1 atom stereocenters. The number of halogens is 1. The maximum atomic E-state index is 13.7. The monoisotopic (exact) mass is 321 g/mol. The Morgan fingerprint density at radius 3 is 2.36 bits per heavy atom. The molecular formula is C17H20FNO2S. The maximum absolute atomic E-state index is 13.7. The van der Waals surface area contributed by atoms with Gasteiger partial charge in [0.2, 0.25) is 0 Å². The van der Waals surface area contributed by atoms with E-state index in [4.69, 9.17) is 0 Å². The molecule has 0 bridgehead atoms. The van der Waals surface area contributed by atoms with Crippen molar-refractivity contribution in [2.45, 2.75) is 38.0 Å². The predicted molar refractivity (Wildman–Crippen MR) is 87.1 cm³/mol. The van der Waals surface area contributed by atoms with Crippen LogP contribution in [0.3, 0.4) is 0 Å². The summed E-state index contributed by atoms with van der Waals surface area (Å²) in [5, 5.41) is 0. The largest absolute Gasteiger partial charge is 0.277 e. The number of hydrogen-bond acceptors (Lipinski definition) is 2. The van der Waals surface area contributed by atoms with E-state index in [-0.39, 0.29) is 10.6 Å². The van der Waals surface area contributed by atoms with Gasteiger partial charge in [-0.25, -0.2) is 12.8 Å². The third-order valence-corrected chi connectivity index (χ3v) is 5.12. The molecule has 5 heteroatoms. The van der Waals surface area contributed by atoms with Gasteiger partial charge in [-0.05, 0) is 54.7 Å². The van der Waals surface area contributed by atoms with Gasteiger partial charge in [-0.2, -0.15) is 0 Å². The van der Waals surface area contributed by atoms with Crippen LogP contribution in [0, 0.1) is 12.7 Å². The van der Waals surface area contributed by atoms with Crippen molar-refractivity contribution in [3.8, 4) is 0 Å². The van der Waals surface area contributed by atoms with Crippen LogP contribution in [0.2, 0.25) is 0 Å². The van der Waals surface area contributed by atoms with Gasteiger partial charge in [0, 0.05) is 0 Å². The fraction of sp³-hybridized carbons (Fsp3) is 0.294. The molecule has 0 radical (unpaired) electrons. The molecule has 0 spiro atoms. The first-order valence-electron chi connectivity index (χ1n) is 7.22. The standard InChI is InChI=1S/C17H20FNO2S/c1-4-13(3)14-6-8-15(9-7-14)22(20,21)19-17-11-12(2)5-10-16(17)18/h5-11,13,19H,4H2,1-3H3. The predicted octanol–water partition coefficient (Wildman–Crippen LogP) is 4.45. The lowest BCUT2D eigenvalue weighted by Crippen LogP contribution is -2.14. The van der Waals surface area contributed by atoms with Gasteiger partial charge in [0.05, 0.1) is 10.6 Å². The topological polar surface area (TPSA) is 46.2 Å². The maximum Gasteiger partial charge on any atom is 0.261 e. The Labute approximate surface area is 131 Å². The van der Waals surface area contributed by atoms with E-state index in [2.05, 4.69) is 18.6 Å². The van der Waals surface area contributed by atoms with Crippen LogP contribution in [0.15, 0.2) is 47.4 Å². The summed E-state index contributed by atoms with van der Waals surface area (Å²) in [6, 6.07) is 11.0. The van der Waals surface area contributed by atoms with Gasteiger partial charge in [-0.3, -0.25) is 4.72 Å². The van der Waals surface area contributed by atoms with Crippen LogP contribution < -0.4 is 4.72 Å². The zero-order chi connectivity index (χ0) is 16.3. The molecule has 1 N–H and O–H groups in total. The second-order valence-corrected chi connectivity index (χ2v) is 7.15. The fourth-order valence-electron chi connectivity index (χ4n) is 2.13. The minimum absolute atomic E-state index is 0.0361. The van der Waals surface area contributed by atoms with Gasteiger partial charge in [0.25, 0.3) is 10.0 Å². The number of rotatable bonds is 5. The Bertz CT molecular complexity index is 755. The lowest BCUT2D eigenvalue weighted by Gasteiger charge is -2.12. The summed E-state index contributed by atoms with van der Waals surface area (Å²) in [6.45, 7) is 5.94. The average Bonchev–Trinajstić information content (AvgIpc) is 2.50. The van der Waals surface area contributed by atoms with Crippen molar-refractivity contribution in [3.63, 3.8) is 0 Å². The third-order valence-electron chi connectivity index (χ3n) is 3.74. The lowest BCUT2D eigenvalue weighted by atomic mass is 9.99. The molecule has 0 saturated heterocycles. The molecule has 22 heavy (non-hydrogen) atoms. The summed E-state index contributed by atoms with van der Waals surface area (Å²) in [5.74, 6) is -0.218. The van der Waals surface area contributed by atoms with Crippen molar-refractivity contribution >= 4 is 15.7 Å². The number of nitrogens with one attached hydrogen (secondary N) is 1. The van der Waals surface area contributed by atoms with E-state index in [1.54, 1.807) is 37.3 Å². The molecule has 2 aromatic carbocycles. The summed E-state index contributed by atoms with van der Waals surface area (Å²) >= 11 is 0. The van der Waals surface area contributed by atoms with Crippen LogP contribution in [0.4, 0.5) is 10.1 Å². The van der Waals surface area contributed by atoms with Gasteiger partial charge >= 0.3 is 0 Å². The van der Waals surface area contributed by atoms with Crippen LogP contribution in [-0.4, -0.2) is 8.42 Å². The molecule has 3 nitrogen and oxygen atoms in total. The molecule has 2 aromatic rings. The zero-order valence-corrected chi connectivity index (χ0v) is 13.7. The Morgan fingerprint density at radius 2 is 1.77 bits per heavy atom. The number of hydrogen-bond donors (Lipinski definition) is 1. The van der Waals surface area contributed by atoms with E-state index in [1.807, 2.05) is 0 Å². The molecule has 0 aromatic heterocycles. The summed E-state index contributed by atoms with van der Waals surface area (Å²) < 4.78 is 40.7. The van der Waals surface area contributed by atoms with Crippen LogP contribution in [0.1, 0.15) is 37.3 Å². The number of anilines is 1. The molecule has 118 valence electrons. The van der Waals surface area contributed by atoms with Crippen LogP contribution >= 0.6 is 0 Å². The molecule has 0 aliphatic rings. The number of sulfonamides is 1. The van der Waals surface area contributed by atoms with E-state index in [0.29, 0.717) is 5.92 Å². The van der Waals surface area contributed by atoms with Crippen molar-refractivity contribution in [1.29, 1.82) is 0 Å². The Hall–Kier alpha value is -1.88. The molecular weight excluding hydrogens is 301 g/mol. The van der Waals surface area contributed by atoms with Crippen LogP contribution in [0.25, 0.3) is 0 Å². The molecule has 0 aliphatic heterocycles. The first kappa shape index (κ1) is 16.5. The first-order chi connectivity index (χ1) is 10.3. The summed E-state index contributed by atoms with van der Waals surface area (Å²) in [7, 11) is -3.79. The van der Waals surface area contributed by atoms with Crippen molar-refractivity contribution in [2.24, 2.45) is 0 Å². The van der Waals surface area contributed by atoms with E-state index in [9.17, 15) is 12.8 Å². The van der Waals surface area contributed by atoms with Gasteiger partial charge in [-0.15, -0.1) is 0 Å². The number of benzene rings is 2. The highest BCUT2D eigenvalue weighted by atomic mass is 32.2. The fourth-order valence-corrected chi connectivity index (χ4v) is 3.19. The van der Waals surface area contributed by atoms with Crippen LogP contribution in [0.5, 0.6) is 0 Å². The molecule has 0 saturated carbocycles. The van der Waals surface area contributed by atoms with Gasteiger partial charge in [-0.1, -0.05) is 32.0 Å². The Morgan fingerprint density at radius 1 is 1.14 bits per heavy atom. The quantitative estimate of drug-likeness (QED) is 0.884. The molecule has 0 heterocycles. The average molecular weight is 321 g/mol. The zero-order valence-electron chi connectivity index (χ0n) is 12.9. The highest BCUT2D eigenvalue weighted by molar-refractivity contribution is 7.92. The normalized spacial score (nSPS) is 12.9. The summed E-state index contributed by atoms with van der Waals surface area (Å²) in [6.07, 6.45) is 0.985. The van der Waals surface area contributed by atoms with E-state index in [1.165, 1.54) is 12.1 Å². The van der Waals surface area contributed by atoms with Crippen molar-refractivity contribution < 1.29 is 12.8 Å². The van der Waals surface area contributed by atoms with Crippen molar-refractivity contribution in [2.75, 3.05) is 4.72 Å². The molecule has 0 fully saturated rings. The number of aryl methyl sites for hydroxylation is 1. The van der Waals surface area contributed by atoms with E-state index >= 15 is 0 Å². The molecule has 0 aliphatic carbocycles. The summed E-state index contributed by atoms with van der Waals surface area (Å²) in [5.41, 5.74) is 1.83. The minimum atomic E-state index is -3.79. The summed E-state index contributed by atoms with van der Waals surface area (Å²) in [4.78, 5) is 0.125. The lowest BCUT2D eigenvalue weighted by molar-refractivity contribution is 0.598. The molecule has 0 amide bonds. The highest BCUT2D eigenvalue weighted by Gasteiger charge is 2.16. The van der Waals surface area contributed by atoms with E-state index in [0.717, 1.165) is 17.5 Å². The third kappa shape index (κ3) is 3.65. The van der Waals surface area contributed by atoms with Crippen molar-refractivity contribution in [3.05, 3.63) is 59.4 Å². The second kappa shape index (κ2) is 6.48. The Kier molecular flexibility index (Phi) is 4.86. The van der Waals surface area contributed by atoms with Gasteiger partial charge in [0.15, 0.2) is 0 Å². The Balaban J connectivity index is 2.28. The highest BCUT2D eigenvalue weighted by Crippen LogP contribution is 2.23. The molecule has 1 unspecified atom stereocenters. The van der Waals surface area contributed by atoms with E-state index < -0.39 is 15.8 Å². The molecule has 2 rings (SSSR count). The van der Waals surface area contributed by atoms with Crippen molar-refractivity contribution in [1.82, 2.24) is 0 Å². The minimum Gasteiger partial charge on any atom is -0.277 e. The van der Waals surface area contributed by atoms with Gasteiger partial charge in [0.1, 0.15) is 5.82 Å². The SMILES string of the molecule is CCC(C)c1ccc(S(=O)(=O)Nc2cc(C)ccc2F)cc1. The first-order valence-corrected chi connectivity index (χ1v) is 8.70. The van der Waals surface area contributed by atoms with Gasteiger partial charge < -0.3 is 0 Å². The second-order valence-electron chi connectivity index (χ2n) is 5.47. The van der Waals surface area contributed by atoms with Crippen LogP contribution in [-0.2, 0) is 10.0 Å². The smallest absolute Gasteiger partial charge is 0.261 e.